The molecule has 1 aromatic heterocycles. The SMILES string of the molecule is Nc1ccn(C2OC(CN=O)=CC2O)c(=O)n1. The van der Waals surface area contributed by atoms with Gasteiger partial charge in [-0.3, -0.25) is 4.57 Å². The predicted molar refractivity (Wildman–Crippen MR) is 57.8 cm³/mol. The molecule has 0 saturated carbocycles. The van der Waals surface area contributed by atoms with Crippen molar-refractivity contribution in [1.82, 2.24) is 9.55 Å². The van der Waals surface area contributed by atoms with E-state index >= 15 is 0 Å². The number of anilines is 1. The number of hydrogen-bond donors (Lipinski definition) is 2. The van der Waals surface area contributed by atoms with Gasteiger partial charge in [-0.15, -0.1) is 0 Å². The first-order chi connectivity index (χ1) is 8.11. The number of aliphatic hydroxyl groups excluding tert-OH is 1. The predicted octanol–water partition coefficient (Wildman–Crippen LogP) is -0.635. The summed E-state index contributed by atoms with van der Waals surface area (Å²) in [5, 5.41) is 12.3. The summed E-state index contributed by atoms with van der Waals surface area (Å²) < 4.78 is 6.31. The minimum absolute atomic E-state index is 0.0847. The molecule has 0 fully saturated rings. The molecule has 2 unspecified atom stereocenters. The van der Waals surface area contributed by atoms with Crippen molar-refractivity contribution in [3.05, 3.63) is 39.5 Å². The standard InChI is InChI=1S/C9H10N4O4/c10-7-1-2-13(9(15)12-7)8-6(14)3-5(17-8)4-11-16/h1-3,6,8,14H,4H2,(H2,10,12,15). The molecular weight excluding hydrogens is 228 g/mol. The van der Waals surface area contributed by atoms with Crippen LogP contribution in [0.1, 0.15) is 6.23 Å². The Morgan fingerprint density at radius 1 is 1.65 bits per heavy atom. The van der Waals surface area contributed by atoms with E-state index in [4.69, 9.17) is 10.5 Å². The maximum atomic E-state index is 11.5. The van der Waals surface area contributed by atoms with Crippen LogP contribution in [0, 0.1) is 4.91 Å². The highest BCUT2D eigenvalue weighted by atomic mass is 16.5. The van der Waals surface area contributed by atoms with E-state index < -0.39 is 18.0 Å². The number of nitroso groups, excluding NO2 is 1. The van der Waals surface area contributed by atoms with E-state index in [9.17, 15) is 14.8 Å². The number of nitrogens with two attached hydrogens (primary N) is 1. The molecule has 3 N–H and O–H groups in total. The lowest BCUT2D eigenvalue weighted by atomic mass is 10.3. The summed E-state index contributed by atoms with van der Waals surface area (Å²) in [6.45, 7) is -0.190. The lowest BCUT2D eigenvalue weighted by Crippen LogP contribution is -2.32. The number of nitrogen functional groups attached to an aromatic ring is 1. The average Bonchev–Trinajstić information content (AvgIpc) is 2.60. The van der Waals surface area contributed by atoms with Crippen LogP contribution >= 0.6 is 0 Å². The first kappa shape index (κ1) is 11.3. The van der Waals surface area contributed by atoms with Crippen molar-refractivity contribution in [3.8, 4) is 0 Å². The second-order valence-electron chi connectivity index (χ2n) is 3.46. The summed E-state index contributed by atoms with van der Waals surface area (Å²) in [5.74, 6) is 0.308. The van der Waals surface area contributed by atoms with E-state index in [-0.39, 0.29) is 18.1 Å². The van der Waals surface area contributed by atoms with E-state index in [0.717, 1.165) is 4.57 Å². The molecular formula is C9H10N4O4. The van der Waals surface area contributed by atoms with Crippen molar-refractivity contribution in [2.24, 2.45) is 5.18 Å². The fourth-order valence-electron chi connectivity index (χ4n) is 1.53. The molecule has 90 valence electrons. The maximum Gasteiger partial charge on any atom is 0.352 e. The molecule has 1 aliphatic rings. The van der Waals surface area contributed by atoms with Gasteiger partial charge in [-0.2, -0.15) is 9.89 Å². The highest BCUT2D eigenvalue weighted by Gasteiger charge is 2.29. The number of nitrogens with zero attached hydrogens (tertiary/aromatic N) is 3. The normalized spacial score (nSPS) is 23.0. The molecule has 8 nitrogen and oxygen atoms in total. The third-order valence-corrected chi connectivity index (χ3v) is 2.27. The van der Waals surface area contributed by atoms with Crippen LogP contribution in [0.2, 0.25) is 0 Å². The third kappa shape index (κ3) is 2.16. The Hall–Kier alpha value is -2.22. The zero-order valence-electron chi connectivity index (χ0n) is 8.68. The number of aliphatic hydroxyl groups is 1. The maximum absolute atomic E-state index is 11.5. The second kappa shape index (κ2) is 4.34. The summed E-state index contributed by atoms with van der Waals surface area (Å²) in [6.07, 6.45) is 0.723. The van der Waals surface area contributed by atoms with Crippen molar-refractivity contribution in [2.45, 2.75) is 12.3 Å². The molecule has 0 aliphatic carbocycles. The van der Waals surface area contributed by atoms with Crippen LogP contribution in [0.25, 0.3) is 0 Å². The average molecular weight is 238 g/mol. The minimum atomic E-state index is -1.03. The van der Waals surface area contributed by atoms with Crippen LogP contribution in [0.5, 0.6) is 0 Å². The summed E-state index contributed by atoms with van der Waals surface area (Å²) in [7, 11) is 0. The molecule has 17 heavy (non-hydrogen) atoms. The van der Waals surface area contributed by atoms with Crippen LogP contribution in [-0.2, 0) is 4.74 Å². The van der Waals surface area contributed by atoms with Crippen LogP contribution < -0.4 is 11.4 Å². The van der Waals surface area contributed by atoms with E-state index in [1.807, 2.05) is 0 Å². The highest BCUT2D eigenvalue weighted by molar-refractivity contribution is 5.24. The zero-order chi connectivity index (χ0) is 12.4. The van der Waals surface area contributed by atoms with Gasteiger partial charge in [0, 0.05) is 6.20 Å². The van der Waals surface area contributed by atoms with Gasteiger partial charge in [-0.1, -0.05) is 5.18 Å². The van der Waals surface area contributed by atoms with E-state index in [0.29, 0.717) is 0 Å². The van der Waals surface area contributed by atoms with Gasteiger partial charge in [0.05, 0.1) is 0 Å². The topological polar surface area (TPSA) is 120 Å². The zero-order valence-corrected chi connectivity index (χ0v) is 8.68. The number of aromatic nitrogens is 2. The molecule has 0 amide bonds. The van der Waals surface area contributed by atoms with Crippen LogP contribution in [0.3, 0.4) is 0 Å². The fraction of sp³-hybridized carbons (Fsp3) is 0.333. The summed E-state index contributed by atoms with van der Waals surface area (Å²) in [6, 6.07) is 1.41. The molecule has 1 aliphatic heterocycles. The van der Waals surface area contributed by atoms with E-state index in [1.165, 1.54) is 18.3 Å². The van der Waals surface area contributed by atoms with Gasteiger partial charge in [0.15, 0.2) is 0 Å². The Kier molecular flexibility index (Phi) is 2.88. The van der Waals surface area contributed by atoms with Crippen molar-refractivity contribution >= 4 is 5.82 Å². The Morgan fingerprint density at radius 3 is 3.06 bits per heavy atom. The monoisotopic (exact) mass is 238 g/mol. The lowest BCUT2D eigenvalue weighted by Gasteiger charge is -2.17. The van der Waals surface area contributed by atoms with Gasteiger partial charge >= 0.3 is 5.69 Å². The minimum Gasteiger partial charge on any atom is -0.469 e. The largest absolute Gasteiger partial charge is 0.469 e. The fourth-order valence-corrected chi connectivity index (χ4v) is 1.53. The van der Waals surface area contributed by atoms with E-state index in [1.54, 1.807) is 0 Å². The Bertz CT molecular complexity index is 524. The summed E-state index contributed by atoms with van der Waals surface area (Å²) >= 11 is 0. The molecule has 2 heterocycles. The number of ether oxygens (including phenoxy) is 1. The molecule has 2 atom stereocenters. The van der Waals surface area contributed by atoms with Crippen molar-refractivity contribution in [2.75, 3.05) is 12.3 Å². The van der Waals surface area contributed by atoms with Crippen LogP contribution in [0.4, 0.5) is 5.82 Å². The molecule has 1 aromatic rings. The molecule has 0 saturated heterocycles. The van der Waals surface area contributed by atoms with E-state index in [2.05, 4.69) is 10.2 Å². The van der Waals surface area contributed by atoms with Gasteiger partial charge in [0.1, 0.15) is 24.2 Å². The van der Waals surface area contributed by atoms with Crippen LogP contribution in [0.15, 0.2) is 34.1 Å². The van der Waals surface area contributed by atoms with Gasteiger partial charge in [-0.25, -0.2) is 4.79 Å². The second-order valence-corrected chi connectivity index (χ2v) is 3.46. The van der Waals surface area contributed by atoms with Gasteiger partial charge in [0.2, 0.25) is 6.23 Å². The molecule has 0 radical (unpaired) electrons. The molecule has 8 heteroatoms. The molecule has 0 aromatic carbocycles. The quantitative estimate of drug-likeness (QED) is 0.676. The Labute approximate surface area is 95.3 Å². The molecule has 0 bridgehead atoms. The molecule has 2 rings (SSSR count). The third-order valence-electron chi connectivity index (χ3n) is 2.27. The van der Waals surface area contributed by atoms with Gasteiger partial charge in [0.25, 0.3) is 0 Å². The smallest absolute Gasteiger partial charge is 0.352 e. The van der Waals surface area contributed by atoms with Gasteiger partial charge < -0.3 is 15.6 Å². The summed E-state index contributed by atoms with van der Waals surface area (Å²) in [5.41, 5.74) is 4.70. The van der Waals surface area contributed by atoms with Crippen LogP contribution in [-0.4, -0.2) is 27.3 Å². The first-order valence-corrected chi connectivity index (χ1v) is 4.81. The van der Waals surface area contributed by atoms with Gasteiger partial charge in [-0.05, 0) is 12.1 Å². The summed E-state index contributed by atoms with van der Waals surface area (Å²) in [4.78, 5) is 25.1. The lowest BCUT2D eigenvalue weighted by molar-refractivity contribution is -0.00302. The van der Waals surface area contributed by atoms with Crippen molar-refractivity contribution in [1.29, 1.82) is 0 Å². The number of hydrogen-bond acceptors (Lipinski definition) is 7. The van der Waals surface area contributed by atoms with Crippen molar-refractivity contribution in [3.63, 3.8) is 0 Å². The highest BCUT2D eigenvalue weighted by Crippen LogP contribution is 2.25. The first-order valence-electron chi connectivity index (χ1n) is 4.81. The van der Waals surface area contributed by atoms with Crippen molar-refractivity contribution < 1.29 is 9.84 Å². The number of rotatable bonds is 3. The Balaban J connectivity index is 2.25. The molecule has 0 spiro atoms. The Morgan fingerprint density at radius 2 is 2.41 bits per heavy atom.